The van der Waals surface area contributed by atoms with Crippen LogP contribution in [0.15, 0.2) is 23.7 Å². The third-order valence-electron chi connectivity index (χ3n) is 4.73. The van der Waals surface area contributed by atoms with Gasteiger partial charge in [0, 0.05) is 18.2 Å². The molecule has 1 aromatic rings. The van der Waals surface area contributed by atoms with E-state index in [-0.39, 0.29) is 5.12 Å². The second kappa shape index (κ2) is 7.56. The smallest absolute Gasteiger partial charge is 0.491 e. The molecule has 0 N–H and O–H groups in total. The van der Waals surface area contributed by atoms with Gasteiger partial charge < -0.3 is 14.0 Å². The van der Waals surface area contributed by atoms with E-state index in [1.165, 1.54) is 11.8 Å². The molecule has 0 unspecified atom stereocenters. The van der Waals surface area contributed by atoms with Crippen LogP contribution in [0.1, 0.15) is 45.7 Å². The lowest BCUT2D eigenvalue weighted by Crippen LogP contribution is -2.41. The summed E-state index contributed by atoms with van der Waals surface area (Å²) in [6, 6.07) is 6.04. The molecule has 1 heterocycles. The van der Waals surface area contributed by atoms with E-state index in [4.69, 9.17) is 14.0 Å². The molecule has 1 aliphatic rings. The lowest BCUT2D eigenvalue weighted by atomic mass is 9.78. The summed E-state index contributed by atoms with van der Waals surface area (Å²) in [4.78, 5) is 11.5. The van der Waals surface area contributed by atoms with Crippen LogP contribution in [0, 0.1) is 6.92 Å². The van der Waals surface area contributed by atoms with Crippen molar-refractivity contribution in [1.82, 2.24) is 0 Å². The molecule has 0 bridgehead atoms. The molecule has 1 aliphatic heterocycles. The molecular weight excluding hydrogens is 335 g/mol. The SMILES string of the molecule is COc1cc(C)ccc1C=C(CSC(C)=O)B1OC(C)(C)C(C)(C)O1. The number of thioether (sulfide) groups is 1. The number of carbonyl (C=O) groups excluding carboxylic acids is 1. The molecule has 0 atom stereocenters. The zero-order valence-corrected chi connectivity index (χ0v) is 17.0. The van der Waals surface area contributed by atoms with Crippen molar-refractivity contribution in [2.75, 3.05) is 12.9 Å². The highest BCUT2D eigenvalue weighted by molar-refractivity contribution is 8.13. The first-order valence-corrected chi connectivity index (χ1v) is 9.38. The van der Waals surface area contributed by atoms with E-state index in [0.29, 0.717) is 5.75 Å². The van der Waals surface area contributed by atoms with Gasteiger partial charge in [0.1, 0.15) is 5.75 Å². The van der Waals surface area contributed by atoms with Gasteiger partial charge in [-0.3, -0.25) is 4.79 Å². The minimum Gasteiger partial charge on any atom is -0.496 e. The van der Waals surface area contributed by atoms with Crippen molar-refractivity contribution in [2.24, 2.45) is 0 Å². The van der Waals surface area contributed by atoms with Gasteiger partial charge in [0.25, 0.3) is 0 Å². The van der Waals surface area contributed by atoms with Crippen LogP contribution in [0.4, 0.5) is 0 Å². The number of hydrogen-bond acceptors (Lipinski definition) is 5. The lowest BCUT2D eigenvalue weighted by molar-refractivity contribution is -0.109. The van der Waals surface area contributed by atoms with Crippen LogP contribution >= 0.6 is 11.8 Å². The Bertz CT molecular complexity index is 666. The Hall–Kier alpha value is -1.24. The maximum absolute atomic E-state index is 11.5. The third-order valence-corrected chi connectivity index (χ3v) is 5.61. The van der Waals surface area contributed by atoms with E-state index >= 15 is 0 Å². The summed E-state index contributed by atoms with van der Waals surface area (Å²) < 4.78 is 17.8. The summed E-state index contributed by atoms with van der Waals surface area (Å²) in [5.74, 6) is 1.31. The number of methoxy groups -OCH3 is 1. The Morgan fingerprint density at radius 3 is 2.36 bits per heavy atom. The van der Waals surface area contributed by atoms with Gasteiger partial charge in [-0.25, -0.2) is 0 Å². The summed E-state index contributed by atoms with van der Waals surface area (Å²) in [5, 5.41) is 0.0679. The first-order valence-electron chi connectivity index (χ1n) is 8.40. The van der Waals surface area contributed by atoms with Gasteiger partial charge in [0.2, 0.25) is 0 Å². The quantitative estimate of drug-likeness (QED) is 0.731. The fourth-order valence-corrected chi connectivity index (χ4v) is 3.08. The zero-order valence-electron chi connectivity index (χ0n) is 16.1. The highest BCUT2D eigenvalue weighted by Gasteiger charge is 2.52. The van der Waals surface area contributed by atoms with Crippen LogP contribution in [-0.2, 0) is 14.1 Å². The summed E-state index contributed by atoms with van der Waals surface area (Å²) in [5.41, 5.74) is 2.15. The molecule has 0 radical (unpaired) electrons. The number of rotatable bonds is 5. The van der Waals surface area contributed by atoms with Crippen molar-refractivity contribution in [3.05, 3.63) is 34.8 Å². The average Bonchev–Trinajstić information content (AvgIpc) is 2.72. The van der Waals surface area contributed by atoms with Gasteiger partial charge in [-0.05, 0) is 51.7 Å². The van der Waals surface area contributed by atoms with Crippen LogP contribution in [-0.4, -0.2) is 36.3 Å². The van der Waals surface area contributed by atoms with Gasteiger partial charge in [-0.2, -0.15) is 0 Å². The first-order chi connectivity index (χ1) is 11.6. The Kier molecular flexibility index (Phi) is 6.07. The molecule has 136 valence electrons. The highest BCUT2D eigenvalue weighted by Crippen LogP contribution is 2.39. The molecule has 1 saturated heterocycles. The molecule has 0 aromatic heterocycles. The van der Waals surface area contributed by atoms with E-state index in [9.17, 15) is 4.79 Å². The largest absolute Gasteiger partial charge is 0.496 e. The molecule has 0 amide bonds. The lowest BCUT2D eigenvalue weighted by Gasteiger charge is -2.32. The van der Waals surface area contributed by atoms with E-state index in [1.807, 2.05) is 58.9 Å². The number of hydrogen-bond donors (Lipinski definition) is 0. The topological polar surface area (TPSA) is 44.8 Å². The molecule has 1 fully saturated rings. The maximum atomic E-state index is 11.5. The van der Waals surface area contributed by atoms with E-state index in [1.54, 1.807) is 14.0 Å². The van der Waals surface area contributed by atoms with Crippen LogP contribution in [0.5, 0.6) is 5.75 Å². The Morgan fingerprint density at radius 2 is 1.84 bits per heavy atom. The zero-order chi connectivity index (χ0) is 18.8. The van der Waals surface area contributed by atoms with Crippen molar-refractivity contribution >= 4 is 30.1 Å². The predicted molar refractivity (Wildman–Crippen MR) is 105 cm³/mol. The van der Waals surface area contributed by atoms with E-state index < -0.39 is 18.3 Å². The van der Waals surface area contributed by atoms with Crippen LogP contribution < -0.4 is 4.74 Å². The second-order valence-electron chi connectivity index (χ2n) is 7.33. The van der Waals surface area contributed by atoms with Crippen molar-refractivity contribution in [3.8, 4) is 5.75 Å². The number of ether oxygens (including phenoxy) is 1. The molecular formula is C19H27BO4S. The van der Waals surface area contributed by atoms with E-state index in [0.717, 1.165) is 22.3 Å². The molecule has 0 saturated carbocycles. The molecule has 0 aliphatic carbocycles. The molecule has 25 heavy (non-hydrogen) atoms. The van der Waals surface area contributed by atoms with Gasteiger partial charge >= 0.3 is 7.12 Å². The van der Waals surface area contributed by atoms with Crippen molar-refractivity contribution in [2.45, 2.75) is 52.7 Å². The predicted octanol–water partition coefficient (Wildman–Crippen LogP) is 4.30. The third kappa shape index (κ3) is 4.69. The van der Waals surface area contributed by atoms with Crippen LogP contribution in [0.2, 0.25) is 0 Å². The Morgan fingerprint density at radius 1 is 1.24 bits per heavy atom. The minimum atomic E-state index is -0.483. The van der Waals surface area contributed by atoms with Crippen LogP contribution in [0.3, 0.4) is 0 Å². The van der Waals surface area contributed by atoms with Crippen molar-refractivity contribution in [3.63, 3.8) is 0 Å². The Labute approximate surface area is 155 Å². The molecule has 4 nitrogen and oxygen atoms in total. The van der Waals surface area contributed by atoms with Gasteiger partial charge in [0.15, 0.2) is 5.12 Å². The Balaban J connectivity index is 2.38. The van der Waals surface area contributed by atoms with Crippen LogP contribution in [0.25, 0.3) is 6.08 Å². The fraction of sp³-hybridized carbons (Fsp3) is 0.526. The highest BCUT2D eigenvalue weighted by atomic mass is 32.2. The number of aryl methyl sites for hydroxylation is 1. The summed E-state index contributed by atoms with van der Waals surface area (Å²) >= 11 is 1.25. The van der Waals surface area contributed by atoms with Gasteiger partial charge in [-0.1, -0.05) is 30.0 Å². The second-order valence-corrected chi connectivity index (χ2v) is 8.49. The summed E-state index contributed by atoms with van der Waals surface area (Å²) in [7, 11) is 1.17. The van der Waals surface area contributed by atoms with Crippen molar-refractivity contribution in [1.29, 1.82) is 0 Å². The van der Waals surface area contributed by atoms with Crippen molar-refractivity contribution < 1.29 is 18.8 Å². The van der Waals surface area contributed by atoms with Gasteiger partial charge in [-0.15, -0.1) is 0 Å². The molecule has 0 spiro atoms. The number of carbonyl (C=O) groups is 1. The standard InChI is InChI=1S/C19H27BO4S/c1-13-8-9-15(17(10-13)22-7)11-16(12-25-14(2)21)20-23-18(3,4)19(5,6)24-20/h8-11H,12H2,1-7H3. The average molecular weight is 362 g/mol. The first kappa shape index (κ1) is 20.1. The normalized spacial score (nSPS) is 19.2. The summed E-state index contributed by atoms with van der Waals surface area (Å²) in [6.07, 6.45) is 2.01. The monoisotopic (exact) mass is 362 g/mol. The van der Waals surface area contributed by atoms with Gasteiger partial charge in [0.05, 0.1) is 18.3 Å². The van der Waals surface area contributed by atoms with E-state index in [2.05, 4.69) is 0 Å². The summed E-state index contributed by atoms with van der Waals surface area (Å²) in [6.45, 7) is 11.7. The molecule has 6 heteroatoms. The number of benzene rings is 1. The molecule has 2 rings (SSSR count). The minimum absolute atomic E-state index is 0.0679. The maximum Gasteiger partial charge on any atom is 0.491 e. The fourth-order valence-electron chi connectivity index (χ4n) is 2.49. The molecule has 1 aromatic carbocycles.